The van der Waals surface area contributed by atoms with Crippen molar-refractivity contribution in [1.82, 2.24) is 30.9 Å². The molecular weight excluding hydrogens is 660 g/mol. The van der Waals surface area contributed by atoms with Gasteiger partial charge in [0, 0.05) is 37.9 Å². The molecule has 4 rings (SSSR count). The highest BCUT2D eigenvalue weighted by molar-refractivity contribution is 6.01. The monoisotopic (exact) mass is 722 g/mol. The fourth-order valence-electron chi connectivity index (χ4n) is 7.82. The quantitative estimate of drug-likeness (QED) is 0.211. The second-order valence-corrected chi connectivity index (χ2v) is 17.5. The molecule has 2 bridgehead atoms. The molecule has 288 valence electrons. The fraction of sp³-hybridized carbons (Fsp3) is 0.700. The molecule has 6 atom stereocenters. The molecule has 2 heterocycles. The van der Waals surface area contributed by atoms with Crippen LogP contribution in [0.15, 0.2) is 30.3 Å². The first-order chi connectivity index (χ1) is 24.3. The Morgan fingerprint density at radius 3 is 2.04 bits per heavy atom. The minimum atomic E-state index is -0.998. The number of hydrogen-bond donors (Lipinski definition) is 3. The van der Waals surface area contributed by atoms with E-state index in [1.165, 1.54) is 9.91 Å². The van der Waals surface area contributed by atoms with E-state index in [9.17, 15) is 28.8 Å². The van der Waals surface area contributed by atoms with E-state index in [1.54, 1.807) is 4.90 Å². The Bertz CT molecular complexity index is 1440. The Morgan fingerprint density at radius 1 is 0.885 bits per heavy atom. The van der Waals surface area contributed by atoms with Crippen molar-refractivity contribution in [3.63, 3.8) is 0 Å². The second-order valence-electron chi connectivity index (χ2n) is 17.5. The van der Waals surface area contributed by atoms with Crippen LogP contribution in [-0.2, 0) is 30.4 Å². The van der Waals surface area contributed by atoms with Crippen molar-refractivity contribution < 1.29 is 28.8 Å². The summed E-state index contributed by atoms with van der Waals surface area (Å²) in [6.45, 7) is 18.1. The van der Waals surface area contributed by atoms with E-state index in [1.807, 2.05) is 92.6 Å². The molecule has 1 aromatic carbocycles. The average Bonchev–Trinajstić information content (AvgIpc) is 3.73. The van der Waals surface area contributed by atoms with Gasteiger partial charge in [-0.25, -0.2) is 4.79 Å². The first-order valence-electron chi connectivity index (χ1n) is 19.2. The number of hydrogen-bond acceptors (Lipinski definition) is 6. The van der Waals surface area contributed by atoms with E-state index in [2.05, 4.69) is 16.1 Å². The SMILES string of the molecule is CCCN(NC(=O)[C@@H]1[C@@H](C(C)C)CCN1C(=O)[C@@H](NC(=O)N[C@H](CN1C(=O)C2CCC(C2)C1=O)C(C)(C)C)C(C)(C)C)C(=O)CCc1ccccc1. The minimum Gasteiger partial charge on any atom is -0.333 e. The summed E-state index contributed by atoms with van der Waals surface area (Å²) in [4.78, 5) is 84.9. The smallest absolute Gasteiger partial charge is 0.315 e. The molecule has 2 unspecified atom stereocenters. The molecular formula is C40H62N6O6. The van der Waals surface area contributed by atoms with Crippen molar-refractivity contribution in [2.24, 2.45) is 34.5 Å². The minimum absolute atomic E-state index is 0.0541. The van der Waals surface area contributed by atoms with Crippen LogP contribution in [0.2, 0.25) is 0 Å². The van der Waals surface area contributed by atoms with Crippen molar-refractivity contribution in [1.29, 1.82) is 0 Å². The summed E-state index contributed by atoms with van der Waals surface area (Å²) in [5.74, 6) is -1.72. The molecule has 3 fully saturated rings. The van der Waals surface area contributed by atoms with Crippen LogP contribution in [0.1, 0.15) is 106 Å². The van der Waals surface area contributed by atoms with E-state index in [0.717, 1.165) is 5.56 Å². The molecule has 0 aromatic heterocycles. The van der Waals surface area contributed by atoms with E-state index in [-0.39, 0.29) is 60.3 Å². The predicted molar refractivity (Wildman–Crippen MR) is 199 cm³/mol. The van der Waals surface area contributed by atoms with Crippen molar-refractivity contribution in [3.8, 4) is 0 Å². The topological polar surface area (TPSA) is 148 Å². The van der Waals surface area contributed by atoms with Gasteiger partial charge < -0.3 is 15.5 Å². The molecule has 12 nitrogen and oxygen atoms in total. The number of carbonyl (C=O) groups is 6. The van der Waals surface area contributed by atoms with Gasteiger partial charge >= 0.3 is 6.03 Å². The molecule has 3 N–H and O–H groups in total. The molecule has 1 aliphatic carbocycles. The molecule has 3 aliphatic rings. The van der Waals surface area contributed by atoms with Crippen molar-refractivity contribution in [2.45, 2.75) is 125 Å². The number of piperidine rings is 1. The molecule has 12 heteroatoms. The molecule has 1 aromatic rings. The lowest BCUT2D eigenvalue weighted by molar-refractivity contribution is -0.153. The summed E-state index contributed by atoms with van der Waals surface area (Å²) in [5.41, 5.74) is 2.66. The van der Waals surface area contributed by atoms with E-state index >= 15 is 0 Å². The first kappa shape index (κ1) is 40.8. The lowest BCUT2D eigenvalue weighted by Gasteiger charge is -2.39. The number of rotatable bonds is 12. The summed E-state index contributed by atoms with van der Waals surface area (Å²) in [6, 6.07) is 6.72. The Hall–Kier alpha value is -3.96. The van der Waals surface area contributed by atoms with Crippen molar-refractivity contribution >= 4 is 35.6 Å². The van der Waals surface area contributed by atoms with Gasteiger partial charge in [-0.2, -0.15) is 0 Å². The number of aryl methyl sites for hydroxylation is 1. The van der Waals surface area contributed by atoms with E-state index in [0.29, 0.717) is 51.6 Å². The zero-order valence-corrected chi connectivity index (χ0v) is 32.8. The Kier molecular flexibility index (Phi) is 13.2. The van der Waals surface area contributed by atoms with Crippen LogP contribution in [0.3, 0.4) is 0 Å². The van der Waals surface area contributed by atoms with Crippen LogP contribution in [0.5, 0.6) is 0 Å². The van der Waals surface area contributed by atoms with Gasteiger partial charge in [0.25, 0.3) is 5.91 Å². The maximum atomic E-state index is 14.5. The van der Waals surface area contributed by atoms with Gasteiger partial charge in [0.2, 0.25) is 23.6 Å². The van der Waals surface area contributed by atoms with Gasteiger partial charge in [0.1, 0.15) is 12.1 Å². The number of nitrogens with zero attached hydrogens (tertiary/aromatic N) is 3. The summed E-state index contributed by atoms with van der Waals surface area (Å²) < 4.78 is 0. The van der Waals surface area contributed by atoms with Crippen LogP contribution in [0.25, 0.3) is 0 Å². The third-order valence-corrected chi connectivity index (χ3v) is 11.1. The van der Waals surface area contributed by atoms with Crippen LogP contribution in [0.4, 0.5) is 4.79 Å². The molecule has 0 radical (unpaired) electrons. The highest BCUT2D eigenvalue weighted by Gasteiger charge is 2.49. The summed E-state index contributed by atoms with van der Waals surface area (Å²) in [6.07, 6.45) is 4.04. The van der Waals surface area contributed by atoms with Crippen LogP contribution in [0, 0.1) is 34.5 Å². The number of carbonyl (C=O) groups excluding carboxylic acids is 6. The number of hydrazine groups is 1. The average molecular weight is 723 g/mol. The molecule has 2 aliphatic heterocycles. The van der Waals surface area contributed by atoms with Gasteiger partial charge in [-0.1, -0.05) is 92.6 Å². The largest absolute Gasteiger partial charge is 0.333 e. The van der Waals surface area contributed by atoms with Gasteiger partial charge in [-0.05, 0) is 66.8 Å². The van der Waals surface area contributed by atoms with Crippen molar-refractivity contribution in [2.75, 3.05) is 19.6 Å². The number of amides is 7. The molecule has 52 heavy (non-hydrogen) atoms. The number of imide groups is 1. The summed E-state index contributed by atoms with van der Waals surface area (Å²) >= 11 is 0. The lowest BCUT2D eigenvalue weighted by Crippen LogP contribution is -2.63. The molecule has 1 saturated carbocycles. The second kappa shape index (κ2) is 16.8. The van der Waals surface area contributed by atoms with Crippen molar-refractivity contribution in [3.05, 3.63) is 35.9 Å². The van der Waals surface area contributed by atoms with Crippen LogP contribution >= 0.6 is 0 Å². The number of urea groups is 1. The van der Waals surface area contributed by atoms with Gasteiger partial charge in [-0.15, -0.1) is 0 Å². The predicted octanol–water partition coefficient (Wildman–Crippen LogP) is 4.68. The Morgan fingerprint density at radius 2 is 1.50 bits per heavy atom. The fourth-order valence-corrected chi connectivity index (χ4v) is 7.82. The number of fused-ring (bicyclic) bond motifs is 2. The van der Waals surface area contributed by atoms with Gasteiger partial charge in [0.05, 0.1) is 6.04 Å². The third kappa shape index (κ3) is 9.72. The zero-order valence-electron chi connectivity index (χ0n) is 32.8. The highest BCUT2D eigenvalue weighted by Crippen LogP contribution is 2.39. The maximum Gasteiger partial charge on any atom is 0.315 e. The summed E-state index contributed by atoms with van der Waals surface area (Å²) in [7, 11) is 0. The Balaban J connectivity index is 1.50. The zero-order chi connectivity index (χ0) is 38.5. The molecule has 2 saturated heterocycles. The third-order valence-electron chi connectivity index (χ3n) is 11.1. The van der Waals surface area contributed by atoms with Crippen LogP contribution in [-0.4, -0.2) is 88.1 Å². The number of likely N-dealkylation sites (tertiary alicyclic amines) is 2. The van der Waals surface area contributed by atoms with Gasteiger partial charge in [-0.3, -0.25) is 39.3 Å². The van der Waals surface area contributed by atoms with Crippen LogP contribution < -0.4 is 16.1 Å². The number of nitrogens with one attached hydrogen (secondary N) is 3. The first-order valence-corrected chi connectivity index (χ1v) is 19.2. The van der Waals surface area contributed by atoms with Gasteiger partial charge in [0.15, 0.2) is 0 Å². The summed E-state index contributed by atoms with van der Waals surface area (Å²) in [5, 5.41) is 7.29. The van der Waals surface area contributed by atoms with E-state index < -0.39 is 40.9 Å². The standard InChI is InChI=1S/C40H62N6O6/c1-10-21-46(31(47)19-16-26-14-12-11-13-15-26)43-34(48)32-29(25(2)3)20-22-44(32)37(51)33(40(7,8)9)42-38(52)41-30(39(4,5)6)24-45-35(49)27-17-18-28(23-27)36(45)50/h11-15,25,27-30,32-33H,10,16-24H2,1-9H3,(H,43,48)(H2,41,42,52)/t27?,28?,29-,30-,32+,33-/m1/s1. The van der Waals surface area contributed by atoms with E-state index in [4.69, 9.17) is 0 Å². The normalized spacial score (nSPS) is 23.0. The molecule has 7 amide bonds. The molecule has 0 spiro atoms. The maximum absolute atomic E-state index is 14.5. The Labute approximate surface area is 310 Å². The highest BCUT2D eigenvalue weighted by atomic mass is 16.2. The lowest BCUT2D eigenvalue weighted by atomic mass is 9.84. The number of benzene rings is 1.